The van der Waals surface area contributed by atoms with Gasteiger partial charge in [0.1, 0.15) is 16.8 Å². The number of pyridine rings is 1. The Morgan fingerprint density at radius 1 is 1.08 bits per heavy atom. The van der Waals surface area contributed by atoms with E-state index in [0.29, 0.717) is 43.7 Å². The van der Waals surface area contributed by atoms with Gasteiger partial charge in [-0.3, -0.25) is 14.7 Å². The minimum Gasteiger partial charge on any atom is -0.454 e. The van der Waals surface area contributed by atoms with E-state index in [9.17, 15) is 19.8 Å². The molecule has 4 saturated carbocycles. The molecule has 1 aromatic heterocycles. The number of esters is 1. The van der Waals surface area contributed by atoms with Crippen LogP contribution in [0.3, 0.4) is 0 Å². The van der Waals surface area contributed by atoms with E-state index >= 15 is 0 Å². The number of benzene rings is 1. The highest BCUT2D eigenvalue weighted by molar-refractivity contribution is 6.06. The van der Waals surface area contributed by atoms with E-state index in [1.165, 1.54) is 6.08 Å². The summed E-state index contributed by atoms with van der Waals surface area (Å²) < 4.78 is 25.0. The Labute approximate surface area is 294 Å². The number of piperidine rings is 1. The van der Waals surface area contributed by atoms with Crippen molar-refractivity contribution in [3.63, 3.8) is 0 Å². The van der Waals surface area contributed by atoms with Crippen molar-refractivity contribution in [1.82, 2.24) is 9.88 Å². The molecule has 12 atom stereocenters. The van der Waals surface area contributed by atoms with E-state index < -0.39 is 46.1 Å². The minimum atomic E-state index is -1.54. The topological polar surface area (TPSA) is 140 Å². The van der Waals surface area contributed by atoms with Crippen LogP contribution in [0.25, 0.3) is 6.08 Å². The molecule has 6 bridgehead atoms. The monoisotopic (exact) mass is 689 g/mol. The fraction of sp³-hybridized carbons (Fsp3) is 0.615. The fourth-order valence-corrected chi connectivity index (χ4v) is 11.7. The first-order valence-corrected chi connectivity index (χ1v) is 17.9. The SMILES string of the molecule is CCN1C[C@@](C)(OC(=O)c2ccccc2NC(=O)/C=C/c2cccc(C)n2)[C@H]2CC3[C@H]1C2([C@H](C)OC)[C@@H]1C[C@@H]2[C@@H](OC)C[C@@]3(O)[C@@]1(O)[C@H]2OC. The van der Waals surface area contributed by atoms with Crippen LogP contribution >= 0.6 is 0 Å². The van der Waals surface area contributed by atoms with Crippen LogP contribution in [0.1, 0.15) is 61.8 Å². The van der Waals surface area contributed by atoms with Gasteiger partial charge in [-0.15, -0.1) is 0 Å². The van der Waals surface area contributed by atoms with E-state index in [2.05, 4.69) is 29.0 Å². The van der Waals surface area contributed by atoms with Gasteiger partial charge in [0.15, 0.2) is 0 Å². The summed E-state index contributed by atoms with van der Waals surface area (Å²) in [5.74, 6) is -2.08. The molecule has 5 fully saturated rings. The molecule has 1 amide bonds. The number of anilines is 1. The molecule has 1 saturated heterocycles. The van der Waals surface area contributed by atoms with Crippen LogP contribution in [0, 0.1) is 36.0 Å². The second kappa shape index (κ2) is 12.5. The van der Waals surface area contributed by atoms with Gasteiger partial charge < -0.3 is 34.5 Å². The number of nitrogens with one attached hydrogen (secondary N) is 1. The molecule has 5 aliphatic rings. The number of methoxy groups -OCH3 is 3. The summed E-state index contributed by atoms with van der Waals surface area (Å²) in [6.45, 7) is 9.12. The van der Waals surface area contributed by atoms with Gasteiger partial charge in [0.25, 0.3) is 0 Å². The molecule has 3 N–H and O–H groups in total. The first-order chi connectivity index (χ1) is 23.8. The molecule has 1 aromatic carbocycles. The van der Waals surface area contributed by atoms with Crippen molar-refractivity contribution in [2.24, 2.45) is 29.1 Å². The molecule has 4 aliphatic carbocycles. The Kier molecular flexibility index (Phi) is 8.80. The van der Waals surface area contributed by atoms with Crippen molar-refractivity contribution in [2.45, 2.75) is 88.1 Å². The third-order valence-electron chi connectivity index (χ3n) is 13.5. The summed E-state index contributed by atoms with van der Waals surface area (Å²) in [6, 6.07) is 12.3. The quantitative estimate of drug-likeness (QED) is 0.249. The predicted molar refractivity (Wildman–Crippen MR) is 186 cm³/mol. The smallest absolute Gasteiger partial charge is 0.340 e. The number of para-hydroxylation sites is 1. The van der Waals surface area contributed by atoms with Crippen LogP contribution in [-0.4, -0.2) is 108 Å². The predicted octanol–water partition coefficient (Wildman–Crippen LogP) is 3.86. The van der Waals surface area contributed by atoms with E-state index in [-0.39, 0.29) is 41.6 Å². The lowest BCUT2D eigenvalue weighted by molar-refractivity contribution is -0.328. The zero-order chi connectivity index (χ0) is 35.8. The molecule has 0 radical (unpaired) electrons. The van der Waals surface area contributed by atoms with Crippen LogP contribution < -0.4 is 5.32 Å². The first kappa shape index (κ1) is 35.2. The van der Waals surface area contributed by atoms with E-state index in [0.717, 1.165) is 5.69 Å². The van der Waals surface area contributed by atoms with E-state index in [4.69, 9.17) is 18.9 Å². The average molecular weight is 690 g/mol. The molecular formula is C39H51N3O8. The molecule has 50 heavy (non-hydrogen) atoms. The summed E-state index contributed by atoms with van der Waals surface area (Å²) in [5, 5.41) is 28.7. The second-order valence-electron chi connectivity index (χ2n) is 15.4. The summed E-state index contributed by atoms with van der Waals surface area (Å²) in [7, 11) is 4.97. The van der Waals surface area contributed by atoms with Crippen LogP contribution in [-0.2, 0) is 23.7 Å². The third-order valence-corrected chi connectivity index (χ3v) is 13.5. The van der Waals surface area contributed by atoms with Crippen molar-refractivity contribution in [3.05, 3.63) is 65.5 Å². The number of ether oxygens (including phenoxy) is 4. The number of hydrogen-bond acceptors (Lipinski definition) is 10. The number of nitrogens with zero attached hydrogens (tertiary/aromatic N) is 2. The number of aromatic nitrogens is 1. The normalized spacial score (nSPS) is 40.5. The average Bonchev–Trinajstić information content (AvgIpc) is 3.54. The number of fused-ring (bicyclic) bond motifs is 2. The molecule has 11 nitrogen and oxygen atoms in total. The molecule has 1 aliphatic heterocycles. The fourth-order valence-electron chi connectivity index (χ4n) is 11.7. The molecule has 270 valence electrons. The van der Waals surface area contributed by atoms with Gasteiger partial charge >= 0.3 is 5.97 Å². The molecule has 0 spiro atoms. The van der Waals surface area contributed by atoms with Crippen LogP contribution in [0.2, 0.25) is 0 Å². The molecular weight excluding hydrogens is 638 g/mol. The number of carbonyl (C=O) groups excluding carboxylic acids is 2. The minimum absolute atomic E-state index is 0.114. The highest BCUT2D eigenvalue weighted by atomic mass is 16.6. The van der Waals surface area contributed by atoms with Gasteiger partial charge in [0.2, 0.25) is 5.91 Å². The number of hydrogen-bond donors (Lipinski definition) is 3. The van der Waals surface area contributed by atoms with Crippen LogP contribution in [0.4, 0.5) is 5.69 Å². The van der Waals surface area contributed by atoms with Gasteiger partial charge in [0, 0.05) is 81.2 Å². The van der Waals surface area contributed by atoms with Crippen molar-refractivity contribution in [2.75, 3.05) is 39.7 Å². The number of rotatable bonds is 10. The van der Waals surface area contributed by atoms with Gasteiger partial charge in [-0.05, 0) is 70.5 Å². The van der Waals surface area contributed by atoms with Crippen molar-refractivity contribution in [3.8, 4) is 0 Å². The van der Waals surface area contributed by atoms with Crippen LogP contribution in [0.15, 0.2) is 48.5 Å². The third kappa shape index (κ3) is 4.73. The summed E-state index contributed by atoms with van der Waals surface area (Å²) in [5.41, 5.74) is -2.65. The van der Waals surface area contributed by atoms with Gasteiger partial charge in [0.05, 0.1) is 35.3 Å². The highest BCUT2D eigenvalue weighted by Crippen LogP contribution is 2.77. The Hall–Kier alpha value is -3.19. The largest absolute Gasteiger partial charge is 0.454 e. The highest BCUT2D eigenvalue weighted by Gasteiger charge is 2.87. The first-order valence-electron chi connectivity index (χ1n) is 17.9. The van der Waals surface area contributed by atoms with Gasteiger partial charge in [-0.25, -0.2) is 4.79 Å². The summed E-state index contributed by atoms with van der Waals surface area (Å²) >= 11 is 0. The number of likely N-dealkylation sites (N-methyl/N-ethyl adjacent to an activating group) is 1. The lowest BCUT2D eigenvalue weighted by Crippen LogP contribution is -2.81. The maximum absolute atomic E-state index is 14.3. The van der Waals surface area contributed by atoms with Crippen LogP contribution in [0.5, 0.6) is 0 Å². The standard InChI is InChI=1S/C39H51N3O8/c1-8-42-21-36(4,50-35(44)25-14-9-10-15-28(25)41-32(43)17-16-24-13-11-12-22(2)40-24)30-19-27-33(42)38(30,23(3)47-5)31-18-26-29(48-6)20-37(27,45)39(31,46)34(26)49-7/h9-17,23,26-27,29-31,33-34,45-46H,8,18-21H2,1-7H3,(H,41,43)/b17-16+/t23-,26+,27?,29-,30+,31-,33-,34-,36+,37-,38?,39-/m0/s1. The Bertz CT molecular complexity index is 1690. The lowest BCUT2D eigenvalue weighted by Gasteiger charge is -2.68. The maximum atomic E-state index is 14.3. The number of amides is 1. The number of likely N-dealkylation sites (tertiary alicyclic amines) is 1. The van der Waals surface area contributed by atoms with Crippen molar-refractivity contribution >= 4 is 23.6 Å². The summed E-state index contributed by atoms with van der Waals surface area (Å²) in [6.07, 6.45) is 3.23. The molecule has 7 rings (SSSR count). The number of aryl methyl sites for hydroxylation is 1. The molecule has 2 aromatic rings. The number of aliphatic hydroxyl groups is 2. The van der Waals surface area contributed by atoms with Gasteiger partial charge in [-0.2, -0.15) is 0 Å². The Morgan fingerprint density at radius 3 is 2.52 bits per heavy atom. The summed E-state index contributed by atoms with van der Waals surface area (Å²) in [4.78, 5) is 34.1. The Balaban J connectivity index is 1.25. The molecule has 11 heteroatoms. The molecule has 2 unspecified atom stereocenters. The zero-order valence-corrected chi connectivity index (χ0v) is 30.1. The van der Waals surface area contributed by atoms with Crippen molar-refractivity contribution < 1.29 is 38.7 Å². The number of carbonyl (C=O) groups is 2. The Morgan fingerprint density at radius 2 is 1.84 bits per heavy atom. The molecule has 2 heterocycles. The van der Waals surface area contributed by atoms with Crippen molar-refractivity contribution in [1.29, 1.82) is 0 Å². The van der Waals surface area contributed by atoms with Gasteiger partial charge in [-0.1, -0.05) is 25.1 Å². The lowest BCUT2D eigenvalue weighted by atomic mass is 9.46. The van der Waals surface area contributed by atoms with E-state index in [1.807, 2.05) is 32.0 Å². The van der Waals surface area contributed by atoms with E-state index in [1.54, 1.807) is 51.7 Å². The second-order valence-corrected chi connectivity index (χ2v) is 15.4. The maximum Gasteiger partial charge on any atom is 0.340 e. The zero-order valence-electron chi connectivity index (χ0n) is 30.1.